The Morgan fingerprint density at radius 1 is 1.26 bits per heavy atom. The second-order valence-electron chi connectivity index (χ2n) is 4.12. The Morgan fingerprint density at radius 3 is 2.68 bits per heavy atom. The van der Waals surface area contributed by atoms with Gasteiger partial charge >= 0.3 is 0 Å². The van der Waals surface area contributed by atoms with E-state index < -0.39 is 11.7 Å². The van der Waals surface area contributed by atoms with E-state index in [1.165, 1.54) is 11.9 Å². The Morgan fingerprint density at radius 2 is 2.00 bits per heavy atom. The molecule has 0 aliphatic heterocycles. The normalized spacial score (nSPS) is 10.2. The van der Waals surface area contributed by atoms with E-state index in [2.05, 4.69) is 0 Å². The molecule has 5 heteroatoms. The first kappa shape index (κ1) is 12.9. The first-order chi connectivity index (χ1) is 8.99. The highest BCUT2D eigenvalue weighted by Gasteiger charge is 2.18. The number of amides is 1. The van der Waals surface area contributed by atoms with E-state index in [0.29, 0.717) is 11.4 Å². The smallest absolute Gasteiger partial charge is 0.261 e. The summed E-state index contributed by atoms with van der Waals surface area (Å²) in [4.78, 5) is 13.5. The maximum absolute atomic E-state index is 13.1. The maximum atomic E-state index is 13.1. The lowest BCUT2D eigenvalue weighted by Crippen LogP contribution is -2.26. The molecule has 2 aromatic carbocycles. The number of carbonyl (C=O) groups excluding carboxylic acids is 1. The van der Waals surface area contributed by atoms with Crippen molar-refractivity contribution in [3.63, 3.8) is 0 Å². The van der Waals surface area contributed by atoms with Crippen molar-refractivity contribution >= 4 is 17.3 Å². The number of hydrogen-bond donors (Lipinski definition) is 2. The fourth-order valence-electron chi connectivity index (χ4n) is 1.71. The molecule has 0 saturated carbocycles. The van der Waals surface area contributed by atoms with Crippen molar-refractivity contribution in [2.75, 3.05) is 17.7 Å². The molecule has 4 nitrogen and oxygen atoms in total. The third-order valence-corrected chi connectivity index (χ3v) is 2.75. The number of anilines is 2. The quantitative estimate of drug-likeness (QED) is 0.815. The molecule has 2 aromatic rings. The third kappa shape index (κ3) is 2.65. The first-order valence-electron chi connectivity index (χ1n) is 5.61. The summed E-state index contributed by atoms with van der Waals surface area (Å²) in [6.07, 6.45) is 0. The summed E-state index contributed by atoms with van der Waals surface area (Å²) in [5, 5.41) is 9.62. The number of carbonyl (C=O) groups is 1. The van der Waals surface area contributed by atoms with Crippen LogP contribution in [0, 0.1) is 5.82 Å². The second-order valence-corrected chi connectivity index (χ2v) is 4.12. The first-order valence-corrected chi connectivity index (χ1v) is 5.61. The highest BCUT2D eigenvalue weighted by Crippen LogP contribution is 2.23. The van der Waals surface area contributed by atoms with Crippen LogP contribution in [-0.4, -0.2) is 18.1 Å². The van der Waals surface area contributed by atoms with Crippen molar-refractivity contribution in [3.8, 4) is 5.75 Å². The zero-order valence-electron chi connectivity index (χ0n) is 10.3. The predicted molar refractivity (Wildman–Crippen MR) is 71.7 cm³/mol. The Hall–Kier alpha value is -2.56. The molecule has 0 unspecified atom stereocenters. The van der Waals surface area contributed by atoms with E-state index in [1.54, 1.807) is 24.3 Å². The van der Waals surface area contributed by atoms with Gasteiger partial charge in [0.25, 0.3) is 5.91 Å². The van der Waals surface area contributed by atoms with E-state index >= 15 is 0 Å². The minimum absolute atomic E-state index is 0.0927. The predicted octanol–water partition coefficient (Wildman–Crippen LogP) is 2.39. The molecule has 98 valence electrons. The van der Waals surface area contributed by atoms with Crippen LogP contribution in [0.4, 0.5) is 15.8 Å². The summed E-state index contributed by atoms with van der Waals surface area (Å²) >= 11 is 0. The number of rotatable bonds is 2. The molecule has 0 spiro atoms. The average molecular weight is 260 g/mol. The Balaban J connectivity index is 2.36. The molecule has 0 atom stereocenters. The number of phenols is 1. The molecular weight excluding hydrogens is 247 g/mol. The number of hydrogen-bond acceptors (Lipinski definition) is 3. The van der Waals surface area contributed by atoms with Gasteiger partial charge in [0.1, 0.15) is 11.6 Å². The van der Waals surface area contributed by atoms with Gasteiger partial charge in [0.2, 0.25) is 0 Å². The van der Waals surface area contributed by atoms with Crippen LogP contribution in [0.2, 0.25) is 0 Å². The summed E-state index contributed by atoms with van der Waals surface area (Å²) < 4.78 is 13.1. The lowest BCUT2D eigenvalue weighted by molar-refractivity contribution is 0.0990. The van der Waals surface area contributed by atoms with Crippen LogP contribution in [0.25, 0.3) is 0 Å². The van der Waals surface area contributed by atoms with Gasteiger partial charge in [-0.2, -0.15) is 0 Å². The van der Waals surface area contributed by atoms with E-state index in [-0.39, 0.29) is 11.3 Å². The zero-order chi connectivity index (χ0) is 14.0. The van der Waals surface area contributed by atoms with Crippen LogP contribution < -0.4 is 10.6 Å². The number of nitrogens with zero attached hydrogens (tertiary/aromatic N) is 1. The molecule has 3 N–H and O–H groups in total. The van der Waals surface area contributed by atoms with Gasteiger partial charge in [-0.25, -0.2) is 4.39 Å². The number of benzene rings is 2. The molecule has 0 radical (unpaired) electrons. The monoisotopic (exact) mass is 260 g/mol. The van der Waals surface area contributed by atoms with Gasteiger partial charge < -0.3 is 15.7 Å². The van der Waals surface area contributed by atoms with Crippen molar-refractivity contribution in [1.82, 2.24) is 0 Å². The summed E-state index contributed by atoms with van der Waals surface area (Å²) in [7, 11) is 1.53. The SMILES string of the molecule is CN(C(=O)c1cc(F)ccc1O)c1cccc(N)c1. The van der Waals surface area contributed by atoms with Crippen molar-refractivity contribution in [2.45, 2.75) is 0 Å². The van der Waals surface area contributed by atoms with Gasteiger partial charge in [-0.1, -0.05) is 6.07 Å². The maximum Gasteiger partial charge on any atom is 0.261 e. The number of nitrogen functional groups attached to an aromatic ring is 1. The van der Waals surface area contributed by atoms with Gasteiger partial charge in [0.05, 0.1) is 5.56 Å². The van der Waals surface area contributed by atoms with Crippen LogP contribution in [0.15, 0.2) is 42.5 Å². The third-order valence-electron chi connectivity index (χ3n) is 2.75. The molecule has 0 aliphatic carbocycles. The highest BCUT2D eigenvalue weighted by atomic mass is 19.1. The summed E-state index contributed by atoms with van der Waals surface area (Å²) in [5.41, 5.74) is 6.63. The van der Waals surface area contributed by atoms with Crippen molar-refractivity contribution in [1.29, 1.82) is 0 Å². The topological polar surface area (TPSA) is 66.6 Å². The second kappa shape index (κ2) is 4.97. The van der Waals surface area contributed by atoms with Crippen molar-refractivity contribution in [3.05, 3.63) is 53.8 Å². The summed E-state index contributed by atoms with van der Waals surface area (Å²) in [5.74, 6) is -1.35. The highest BCUT2D eigenvalue weighted by molar-refractivity contribution is 6.07. The largest absolute Gasteiger partial charge is 0.507 e. The number of halogens is 1. The van der Waals surface area contributed by atoms with Crippen LogP contribution >= 0.6 is 0 Å². The van der Waals surface area contributed by atoms with Crippen LogP contribution in [0.1, 0.15) is 10.4 Å². The van der Waals surface area contributed by atoms with Gasteiger partial charge in [-0.15, -0.1) is 0 Å². The Labute approximate surface area is 109 Å². The average Bonchev–Trinajstić information content (AvgIpc) is 2.40. The van der Waals surface area contributed by atoms with E-state index in [4.69, 9.17) is 5.73 Å². The summed E-state index contributed by atoms with van der Waals surface area (Å²) in [6, 6.07) is 9.96. The molecule has 2 rings (SSSR count). The molecule has 0 fully saturated rings. The lowest BCUT2D eigenvalue weighted by Gasteiger charge is -2.18. The standard InChI is InChI=1S/C14H13FN2O2/c1-17(11-4-2-3-10(16)8-11)14(19)12-7-9(15)5-6-13(12)18/h2-8,18H,16H2,1H3. The molecule has 1 amide bonds. The van der Waals surface area contributed by atoms with Gasteiger partial charge in [0, 0.05) is 18.4 Å². The molecule has 0 bridgehead atoms. The minimum Gasteiger partial charge on any atom is -0.507 e. The fourth-order valence-corrected chi connectivity index (χ4v) is 1.71. The number of aromatic hydroxyl groups is 1. The molecule has 0 saturated heterocycles. The van der Waals surface area contributed by atoms with E-state index in [0.717, 1.165) is 18.2 Å². The molecule has 19 heavy (non-hydrogen) atoms. The Bertz CT molecular complexity index is 629. The minimum atomic E-state index is -0.581. The van der Waals surface area contributed by atoms with Crippen LogP contribution in [0.5, 0.6) is 5.75 Å². The Kier molecular flexibility index (Phi) is 3.37. The number of nitrogens with two attached hydrogens (primary N) is 1. The number of phenolic OH excluding ortho intramolecular Hbond substituents is 1. The van der Waals surface area contributed by atoms with Crippen molar-refractivity contribution in [2.24, 2.45) is 0 Å². The fraction of sp³-hybridized carbons (Fsp3) is 0.0714. The molecule has 0 heterocycles. The summed E-state index contributed by atoms with van der Waals surface area (Å²) in [6.45, 7) is 0. The van der Waals surface area contributed by atoms with Crippen molar-refractivity contribution < 1.29 is 14.3 Å². The van der Waals surface area contributed by atoms with Gasteiger partial charge in [0.15, 0.2) is 0 Å². The van der Waals surface area contributed by atoms with Gasteiger partial charge in [-0.3, -0.25) is 4.79 Å². The molecule has 0 aliphatic rings. The van der Waals surface area contributed by atoms with Crippen LogP contribution in [-0.2, 0) is 0 Å². The molecular formula is C14H13FN2O2. The zero-order valence-corrected chi connectivity index (χ0v) is 10.3. The lowest BCUT2D eigenvalue weighted by atomic mass is 10.1. The van der Waals surface area contributed by atoms with E-state index in [1.807, 2.05) is 0 Å². The van der Waals surface area contributed by atoms with Gasteiger partial charge in [-0.05, 0) is 36.4 Å². The van der Waals surface area contributed by atoms with Crippen LogP contribution in [0.3, 0.4) is 0 Å². The molecule has 0 aromatic heterocycles. The van der Waals surface area contributed by atoms with E-state index in [9.17, 15) is 14.3 Å².